The van der Waals surface area contributed by atoms with Crippen molar-refractivity contribution in [2.24, 2.45) is 0 Å². The molecule has 3 aromatic rings. The number of nitrogens with one attached hydrogen (secondary N) is 1. The summed E-state index contributed by atoms with van der Waals surface area (Å²) >= 11 is 0. The Morgan fingerprint density at radius 2 is 1.57 bits per heavy atom. The summed E-state index contributed by atoms with van der Waals surface area (Å²) < 4.78 is 9.57. The molecule has 1 atom stereocenters. The first-order valence-corrected chi connectivity index (χ1v) is 9.95. The van der Waals surface area contributed by atoms with Gasteiger partial charge < -0.3 is 23.9 Å². The van der Waals surface area contributed by atoms with Crippen LogP contribution in [0.5, 0.6) is 5.75 Å². The Hall–Kier alpha value is -2.57. The molecule has 0 spiro atoms. The fourth-order valence-electron chi connectivity index (χ4n) is 3.46. The molecule has 0 amide bonds. The topological polar surface area (TPSA) is 66.4 Å². The molecule has 2 N–H and O–H groups in total. The van der Waals surface area contributed by atoms with Gasteiger partial charge in [-0.1, -0.05) is 44.2 Å². The van der Waals surface area contributed by atoms with E-state index in [0.29, 0.717) is 12.2 Å². The number of ether oxygens (including phenoxy) is 1. The van der Waals surface area contributed by atoms with Gasteiger partial charge in [-0.2, -0.15) is 0 Å². The fourth-order valence-corrected chi connectivity index (χ4v) is 3.46. The molecule has 3 rings (SSSR count). The van der Waals surface area contributed by atoms with Crippen LogP contribution in [0.25, 0.3) is 11.0 Å². The molecule has 0 saturated heterocycles. The highest BCUT2D eigenvalue weighted by Crippen LogP contribution is 2.14. The zero-order valence-electron chi connectivity index (χ0n) is 16.7. The first-order chi connectivity index (χ1) is 13.6. The summed E-state index contributed by atoms with van der Waals surface area (Å²) in [5, 5.41) is 19.2. The molecule has 1 heterocycles. The van der Waals surface area contributed by atoms with Crippen LogP contribution in [0.4, 0.5) is 0 Å². The zero-order chi connectivity index (χ0) is 19.9. The zero-order valence-corrected chi connectivity index (χ0v) is 16.7. The van der Waals surface area contributed by atoms with Crippen LogP contribution >= 0.6 is 0 Å². The second-order valence-corrected chi connectivity index (χ2v) is 6.88. The number of aliphatic hydroxyl groups is 1. The molecule has 6 nitrogen and oxygen atoms in total. The van der Waals surface area contributed by atoms with Gasteiger partial charge in [0.25, 0.3) is 0 Å². The quantitative estimate of drug-likeness (QED) is 0.567. The second-order valence-electron chi connectivity index (χ2n) is 6.88. The number of imidazole rings is 1. The molecule has 28 heavy (non-hydrogen) atoms. The van der Waals surface area contributed by atoms with E-state index in [-0.39, 0.29) is 6.61 Å². The lowest BCUT2D eigenvalue weighted by Gasteiger charge is -2.18. The maximum Gasteiger partial charge on any atom is 0.203 e. The first kappa shape index (κ1) is 20.2. The Balaban J connectivity index is 1.77. The average molecular weight is 383 g/mol. The van der Waals surface area contributed by atoms with Crippen molar-refractivity contribution in [1.29, 1.82) is 5.41 Å². The van der Waals surface area contributed by atoms with Crippen molar-refractivity contribution >= 4 is 11.0 Å². The minimum atomic E-state index is -0.698. The van der Waals surface area contributed by atoms with E-state index in [1.165, 1.54) is 0 Å². The number of benzene rings is 2. The Bertz CT molecular complexity index is 929. The Labute approximate surface area is 166 Å². The summed E-state index contributed by atoms with van der Waals surface area (Å²) in [6, 6.07) is 17.5. The molecular weight excluding hydrogens is 352 g/mol. The maximum absolute atomic E-state index is 10.5. The van der Waals surface area contributed by atoms with Crippen LogP contribution in [0.1, 0.15) is 13.8 Å². The summed E-state index contributed by atoms with van der Waals surface area (Å²) in [5.74, 6) is 0.735. The van der Waals surface area contributed by atoms with E-state index < -0.39 is 6.10 Å². The molecule has 1 aromatic heterocycles. The number of likely N-dealkylation sites (N-methyl/N-ethyl adjacent to an activating group) is 1. The van der Waals surface area contributed by atoms with Crippen LogP contribution in [-0.4, -0.2) is 51.5 Å². The van der Waals surface area contributed by atoms with Crippen LogP contribution < -0.4 is 10.4 Å². The molecule has 0 unspecified atom stereocenters. The fraction of sp³-hybridized carbons (Fsp3) is 0.409. The lowest BCUT2D eigenvalue weighted by molar-refractivity contribution is 0.0920. The van der Waals surface area contributed by atoms with Gasteiger partial charge in [0.05, 0.1) is 17.6 Å². The molecule has 0 aliphatic carbocycles. The van der Waals surface area contributed by atoms with Crippen LogP contribution in [0.3, 0.4) is 0 Å². The summed E-state index contributed by atoms with van der Waals surface area (Å²) in [5.41, 5.74) is 2.40. The van der Waals surface area contributed by atoms with Crippen LogP contribution in [0.15, 0.2) is 54.6 Å². The number of para-hydroxylation sites is 3. The summed E-state index contributed by atoms with van der Waals surface area (Å²) in [6.45, 7) is 8.48. The van der Waals surface area contributed by atoms with Crippen molar-refractivity contribution in [2.75, 3.05) is 26.2 Å². The Morgan fingerprint density at radius 3 is 2.21 bits per heavy atom. The van der Waals surface area contributed by atoms with E-state index in [1.807, 2.05) is 63.7 Å². The molecule has 0 radical (unpaired) electrons. The minimum Gasteiger partial charge on any atom is -0.491 e. The second kappa shape index (κ2) is 9.57. The van der Waals surface area contributed by atoms with Gasteiger partial charge in [0, 0.05) is 13.1 Å². The van der Waals surface area contributed by atoms with Crippen molar-refractivity contribution < 1.29 is 9.84 Å². The van der Waals surface area contributed by atoms with E-state index in [2.05, 4.69) is 18.7 Å². The number of rotatable bonds is 10. The highest BCUT2D eigenvalue weighted by Gasteiger charge is 2.15. The van der Waals surface area contributed by atoms with Gasteiger partial charge in [-0.3, -0.25) is 5.41 Å². The average Bonchev–Trinajstić information content (AvgIpc) is 2.99. The van der Waals surface area contributed by atoms with Crippen LogP contribution in [0.2, 0.25) is 0 Å². The summed E-state index contributed by atoms with van der Waals surface area (Å²) in [7, 11) is 0. The SMILES string of the molecule is CCN(CC)CCn1c(=N)n(C[C@@H](O)COc2ccccc2)c2ccccc21. The van der Waals surface area contributed by atoms with E-state index in [9.17, 15) is 5.11 Å². The lowest BCUT2D eigenvalue weighted by atomic mass is 10.3. The van der Waals surface area contributed by atoms with Gasteiger partial charge in [-0.25, -0.2) is 0 Å². The molecule has 6 heteroatoms. The third kappa shape index (κ3) is 4.64. The summed E-state index contributed by atoms with van der Waals surface area (Å²) in [6.07, 6.45) is -0.698. The number of hydrogen-bond acceptors (Lipinski definition) is 4. The van der Waals surface area contributed by atoms with Gasteiger partial charge in [0.2, 0.25) is 5.62 Å². The third-order valence-electron chi connectivity index (χ3n) is 5.09. The highest BCUT2D eigenvalue weighted by molar-refractivity contribution is 5.75. The monoisotopic (exact) mass is 382 g/mol. The first-order valence-electron chi connectivity index (χ1n) is 9.95. The minimum absolute atomic E-state index is 0.190. The Morgan fingerprint density at radius 1 is 0.964 bits per heavy atom. The van der Waals surface area contributed by atoms with Crippen molar-refractivity contribution in [3.8, 4) is 5.75 Å². The van der Waals surface area contributed by atoms with E-state index >= 15 is 0 Å². The van der Waals surface area contributed by atoms with Crippen LogP contribution in [0, 0.1) is 5.41 Å². The predicted octanol–water partition coefficient (Wildman–Crippen LogP) is 2.70. The molecule has 0 bridgehead atoms. The van der Waals surface area contributed by atoms with E-state index in [0.717, 1.165) is 43.0 Å². The third-order valence-corrected chi connectivity index (χ3v) is 5.09. The molecule has 0 aliphatic rings. The van der Waals surface area contributed by atoms with Gasteiger partial charge >= 0.3 is 0 Å². The number of hydrogen-bond donors (Lipinski definition) is 2. The molecule has 0 fully saturated rings. The van der Waals surface area contributed by atoms with Crippen molar-refractivity contribution in [3.05, 3.63) is 60.2 Å². The number of nitrogens with zero attached hydrogens (tertiary/aromatic N) is 3. The Kier molecular flexibility index (Phi) is 6.90. The predicted molar refractivity (Wildman–Crippen MR) is 112 cm³/mol. The highest BCUT2D eigenvalue weighted by atomic mass is 16.5. The normalized spacial score (nSPS) is 12.6. The van der Waals surface area contributed by atoms with Crippen LogP contribution in [-0.2, 0) is 13.1 Å². The van der Waals surface area contributed by atoms with Crippen molar-refractivity contribution in [3.63, 3.8) is 0 Å². The summed E-state index contributed by atoms with van der Waals surface area (Å²) in [4.78, 5) is 2.35. The van der Waals surface area contributed by atoms with Crippen molar-refractivity contribution in [1.82, 2.24) is 14.0 Å². The lowest BCUT2D eigenvalue weighted by Crippen LogP contribution is -2.34. The molecular formula is C22H30N4O2. The largest absolute Gasteiger partial charge is 0.491 e. The standard InChI is InChI=1S/C22H30N4O2/c1-3-24(4-2)14-15-25-20-12-8-9-13-21(20)26(22(25)23)16-18(27)17-28-19-10-6-5-7-11-19/h5-13,18,23,27H,3-4,14-17H2,1-2H3/t18-/m1/s1. The van der Waals surface area contributed by atoms with Gasteiger partial charge in [0.15, 0.2) is 0 Å². The number of aromatic nitrogens is 2. The van der Waals surface area contributed by atoms with Gasteiger partial charge in [-0.05, 0) is 37.4 Å². The van der Waals surface area contributed by atoms with E-state index in [4.69, 9.17) is 10.1 Å². The van der Waals surface area contributed by atoms with Crippen molar-refractivity contribution in [2.45, 2.75) is 33.0 Å². The van der Waals surface area contributed by atoms with Gasteiger partial charge in [-0.15, -0.1) is 0 Å². The molecule has 0 aliphatic heterocycles. The molecule has 2 aromatic carbocycles. The number of aliphatic hydroxyl groups excluding tert-OH is 1. The van der Waals surface area contributed by atoms with E-state index in [1.54, 1.807) is 0 Å². The smallest absolute Gasteiger partial charge is 0.203 e. The number of fused-ring (bicyclic) bond motifs is 1. The van der Waals surface area contributed by atoms with Gasteiger partial charge in [0.1, 0.15) is 18.5 Å². The molecule has 0 saturated carbocycles. The molecule has 150 valence electrons. The maximum atomic E-state index is 10.5.